The van der Waals surface area contributed by atoms with E-state index in [1.807, 2.05) is 0 Å². The number of nitrogens with zero attached hydrogens (tertiary/aromatic N) is 3. The van der Waals surface area contributed by atoms with Crippen molar-refractivity contribution < 1.29 is 14.8 Å². The smallest absolute Gasteiger partial charge is 0.339 e. The Morgan fingerprint density at radius 3 is 2.74 bits per heavy atom. The van der Waals surface area contributed by atoms with E-state index >= 15 is 0 Å². The van der Waals surface area contributed by atoms with Gasteiger partial charge in [0.05, 0.1) is 4.92 Å². The SMILES string of the molecule is CCCCCN(C)c1ncc([N+](=O)[O-])cc1C(=O)O. The molecule has 0 amide bonds. The summed E-state index contributed by atoms with van der Waals surface area (Å²) in [4.78, 5) is 26.7. The van der Waals surface area contributed by atoms with Crippen LogP contribution in [0.5, 0.6) is 0 Å². The van der Waals surface area contributed by atoms with Crippen LogP contribution in [0, 0.1) is 10.1 Å². The van der Waals surface area contributed by atoms with Crippen LogP contribution >= 0.6 is 0 Å². The fourth-order valence-electron chi connectivity index (χ4n) is 1.71. The normalized spacial score (nSPS) is 10.2. The predicted octanol–water partition coefficient (Wildman–Crippen LogP) is 2.31. The average molecular weight is 267 g/mol. The van der Waals surface area contributed by atoms with Crippen molar-refractivity contribution in [3.63, 3.8) is 0 Å². The summed E-state index contributed by atoms with van der Waals surface area (Å²) in [5.41, 5.74) is -0.462. The van der Waals surface area contributed by atoms with Crippen LogP contribution in [0.3, 0.4) is 0 Å². The number of nitro groups is 1. The molecule has 0 atom stereocenters. The van der Waals surface area contributed by atoms with Crippen LogP contribution in [-0.2, 0) is 0 Å². The van der Waals surface area contributed by atoms with Crippen LogP contribution in [0.4, 0.5) is 11.5 Å². The van der Waals surface area contributed by atoms with Gasteiger partial charge in [0.25, 0.3) is 5.69 Å². The first-order valence-corrected chi connectivity index (χ1v) is 6.06. The van der Waals surface area contributed by atoms with Crippen molar-refractivity contribution >= 4 is 17.5 Å². The number of hydrogen-bond acceptors (Lipinski definition) is 5. The highest BCUT2D eigenvalue weighted by Crippen LogP contribution is 2.22. The predicted molar refractivity (Wildman–Crippen MR) is 70.6 cm³/mol. The van der Waals surface area contributed by atoms with Crippen LogP contribution in [0.2, 0.25) is 0 Å². The average Bonchev–Trinajstić information content (AvgIpc) is 2.38. The molecule has 0 spiro atoms. The van der Waals surface area contributed by atoms with Gasteiger partial charge in [-0.1, -0.05) is 19.8 Å². The van der Waals surface area contributed by atoms with E-state index in [2.05, 4.69) is 11.9 Å². The summed E-state index contributed by atoms with van der Waals surface area (Å²) >= 11 is 0. The molecule has 0 aromatic carbocycles. The molecule has 1 aromatic heterocycles. The Morgan fingerprint density at radius 1 is 1.53 bits per heavy atom. The van der Waals surface area contributed by atoms with Crippen molar-refractivity contribution in [1.29, 1.82) is 0 Å². The molecule has 0 bridgehead atoms. The third kappa shape index (κ3) is 3.90. The zero-order valence-corrected chi connectivity index (χ0v) is 11.0. The van der Waals surface area contributed by atoms with E-state index in [0.717, 1.165) is 31.5 Å². The van der Waals surface area contributed by atoms with Crippen molar-refractivity contribution in [2.75, 3.05) is 18.5 Å². The summed E-state index contributed by atoms with van der Waals surface area (Å²) in [6.07, 6.45) is 4.11. The highest BCUT2D eigenvalue weighted by atomic mass is 16.6. The monoisotopic (exact) mass is 267 g/mol. The molecule has 7 heteroatoms. The number of aromatic carboxylic acids is 1. The van der Waals surface area contributed by atoms with Crippen LogP contribution in [0.15, 0.2) is 12.3 Å². The number of pyridine rings is 1. The second kappa shape index (κ2) is 6.67. The van der Waals surface area contributed by atoms with Gasteiger partial charge in [-0.05, 0) is 6.42 Å². The van der Waals surface area contributed by atoms with Crippen molar-refractivity contribution in [2.45, 2.75) is 26.2 Å². The molecule has 1 aromatic rings. The summed E-state index contributed by atoms with van der Waals surface area (Å²) in [7, 11) is 1.73. The molecular formula is C12H17N3O4. The summed E-state index contributed by atoms with van der Waals surface area (Å²) in [5.74, 6) is -0.956. The molecule has 1 heterocycles. The molecule has 104 valence electrons. The Balaban J connectivity index is 2.99. The maximum Gasteiger partial charge on any atom is 0.339 e. The Kier molecular flexibility index (Phi) is 5.23. The minimum absolute atomic E-state index is 0.145. The van der Waals surface area contributed by atoms with E-state index in [9.17, 15) is 14.9 Å². The second-order valence-corrected chi connectivity index (χ2v) is 4.26. The summed E-state index contributed by atoms with van der Waals surface area (Å²) in [5, 5.41) is 19.7. The lowest BCUT2D eigenvalue weighted by Gasteiger charge is -2.19. The van der Waals surface area contributed by atoms with Crippen molar-refractivity contribution in [2.24, 2.45) is 0 Å². The molecule has 0 saturated carbocycles. The van der Waals surface area contributed by atoms with Gasteiger partial charge < -0.3 is 10.0 Å². The van der Waals surface area contributed by atoms with Gasteiger partial charge in [0.15, 0.2) is 0 Å². The van der Waals surface area contributed by atoms with E-state index in [1.54, 1.807) is 11.9 Å². The van der Waals surface area contributed by atoms with Crippen LogP contribution in [0.1, 0.15) is 36.5 Å². The topological polar surface area (TPSA) is 96.6 Å². The number of aromatic nitrogens is 1. The van der Waals surface area contributed by atoms with Gasteiger partial charge >= 0.3 is 5.97 Å². The Labute approximate surface area is 111 Å². The summed E-state index contributed by atoms with van der Waals surface area (Å²) in [6.45, 7) is 2.74. The second-order valence-electron chi connectivity index (χ2n) is 4.26. The third-order valence-electron chi connectivity index (χ3n) is 2.75. The van der Waals surface area contributed by atoms with Gasteiger partial charge in [-0.3, -0.25) is 10.1 Å². The number of carboxylic acids is 1. The molecule has 0 radical (unpaired) electrons. The van der Waals surface area contributed by atoms with Gasteiger partial charge in [0.1, 0.15) is 17.6 Å². The number of carboxylic acid groups (broad SMARTS) is 1. The molecule has 0 aliphatic rings. The Hall–Kier alpha value is -2.18. The van der Waals surface area contributed by atoms with Crippen LogP contribution < -0.4 is 4.90 Å². The molecule has 7 nitrogen and oxygen atoms in total. The van der Waals surface area contributed by atoms with Crippen molar-refractivity contribution in [1.82, 2.24) is 4.98 Å². The molecule has 0 saturated heterocycles. The van der Waals surface area contributed by atoms with E-state index in [1.165, 1.54) is 0 Å². The molecule has 19 heavy (non-hydrogen) atoms. The van der Waals surface area contributed by atoms with Gasteiger partial charge in [0.2, 0.25) is 0 Å². The van der Waals surface area contributed by atoms with E-state index in [0.29, 0.717) is 6.54 Å². The zero-order valence-electron chi connectivity index (χ0n) is 11.0. The quantitative estimate of drug-likeness (QED) is 0.462. The van der Waals surface area contributed by atoms with Gasteiger partial charge in [-0.25, -0.2) is 9.78 Å². The zero-order chi connectivity index (χ0) is 14.4. The fourth-order valence-corrected chi connectivity index (χ4v) is 1.71. The molecule has 0 aliphatic heterocycles. The van der Waals surface area contributed by atoms with Crippen molar-refractivity contribution in [3.8, 4) is 0 Å². The van der Waals surface area contributed by atoms with Crippen LogP contribution in [0.25, 0.3) is 0 Å². The van der Waals surface area contributed by atoms with E-state index in [-0.39, 0.29) is 17.1 Å². The number of carbonyl (C=O) groups is 1. The Bertz CT molecular complexity index is 476. The largest absolute Gasteiger partial charge is 0.478 e. The first kappa shape index (κ1) is 14.9. The molecule has 0 fully saturated rings. The molecule has 1 rings (SSSR count). The first-order chi connectivity index (χ1) is 8.97. The van der Waals surface area contributed by atoms with Gasteiger partial charge in [-0.2, -0.15) is 0 Å². The number of hydrogen-bond donors (Lipinski definition) is 1. The van der Waals surface area contributed by atoms with Gasteiger partial charge in [0, 0.05) is 19.7 Å². The van der Waals surface area contributed by atoms with Gasteiger partial charge in [-0.15, -0.1) is 0 Å². The molecule has 1 N–H and O–H groups in total. The highest BCUT2D eigenvalue weighted by Gasteiger charge is 2.19. The number of anilines is 1. The maximum absolute atomic E-state index is 11.1. The van der Waals surface area contributed by atoms with E-state index in [4.69, 9.17) is 5.11 Å². The fraction of sp³-hybridized carbons (Fsp3) is 0.500. The lowest BCUT2D eigenvalue weighted by molar-refractivity contribution is -0.385. The van der Waals surface area contributed by atoms with E-state index < -0.39 is 10.9 Å². The lowest BCUT2D eigenvalue weighted by atomic mass is 10.2. The lowest BCUT2D eigenvalue weighted by Crippen LogP contribution is -2.22. The number of unbranched alkanes of at least 4 members (excludes halogenated alkanes) is 2. The standard InChI is InChI=1S/C12H17N3O4/c1-3-4-5-6-14(2)11-10(12(16)17)7-9(8-13-11)15(18)19/h7-8H,3-6H2,1-2H3,(H,16,17). The molecule has 0 aliphatic carbocycles. The highest BCUT2D eigenvalue weighted by molar-refractivity contribution is 5.94. The molecule has 0 unspecified atom stereocenters. The first-order valence-electron chi connectivity index (χ1n) is 6.06. The maximum atomic E-state index is 11.1. The van der Waals surface area contributed by atoms with Crippen molar-refractivity contribution in [3.05, 3.63) is 27.9 Å². The summed E-state index contributed by atoms with van der Waals surface area (Å²) in [6, 6.07) is 1.04. The Morgan fingerprint density at radius 2 is 2.21 bits per heavy atom. The minimum Gasteiger partial charge on any atom is -0.478 e. The third-order valence-corrected chi connectivity index (χ3v) is 2.75. The number of rotatable bonds is 7. The van der Waals surface area contributed by atoms with Crippen LogP contribution in [-0.4, -0.2) is 34.6 Å². The molecular weight excluding hydrogens is 250 g/mol. The summed E-state index contributed by atoms with van der Waals surface area (Å²) < 4.78 is 0. The minimum atomic E-state index is -1.21.